The number of halogens is 3. The van der Waals surface area contributed by atoms with Crippen molar-refractivity contribution in [1.82, 2.24) is 0 Å². The van der Waals surface area contributed by atoms with Gasteiger partial charge < -0.3 is 14.9 Å². The van der Waals surface area contributed by atoms with Crippen molar-refractivity contribution in [2.45, 2.75) is 13.0 Å². The lowest BCUT2D eigenvalue weighted by Gasteiger charge is -2.26. The van der Waals surface area contributed by atoms with Gasteiger partial charge in [-0.25, -0.2) is 0 Å². The monoisotopic (exact) mass is 517 g/mol. The molecule has 0 radical (unpaired) electrons. The van der Waals surface area contributed by atoms with Crippen LogP contribution in [0.3, 0.4) is 0 Å². The number of ketones is 1. The number of amides is 1. The first kappa shape index (κ1) is 24.0. The molecule has 3 aromatic rings. The molecule has 1 aliphatic heterocycles. The number of aliphatic hydroxyl groups excluding tert-OH is 1. The number of methoxy groups -OCH3 is 1. The van der Waals surface area contributed by atoms with Crippen LogP contribution in [0.5, 0.6) is 11.5 Å². The van der Waals surface area contributed by atoms with Gasteiger partial charge in [-0.3, -0.25) is 14.5 Å². The summed E-state index contributed by atoms with van der Waals surface area (Å²) in [5.41, 5.74) is 1.36. The molecule has 1 amide bonds. The number of aliphatic hydroxyl groups is 1. The first-order chi connectivity index (χ1) is 16.1. The predicted octanol–water partition coefficient (Wildman–Crippen LogP) is 6.30. The molecule has 174 valence electrons. The van der Waals surface area contributed by atoms with Crippen LogP contribution in [0.25, 0.3) is 5.76 Å². The minimum Gasteiger partial charge on any atom is -0.508 e. The van der Waals surface area contributed by atoms with Gasteiger partial charge in [-0.2, -0.15) is 0 Å². The van der Waals surface area contributed by atoms with E-state index in [0.29, 0.717) is 11.1 Å². The Morgan fingerprint density at radius 3 is 2.35 bits per heavy atom. The molecule has 1 saturated heterocycles. The van der Waals surface area contributed by atoms with E-state index in [-0.39, 0.29) is 43.4 Å². The van der Waals surface area contributed by atoms with Crippen molar-refractivity contribution in [3.05, 3.63) is 91.9 Å². The molecular formula is C25H18Cl3NO5. The van der Waals surface area contributed by atoms with Gasteiger partial charge in [0.2, 0.25) is 0 Å². The fraction of sp³-hybridized carbons (Fsp3) is 0.120. The Labute approximate surface area is 210 Å². The number of benzene rings is 3. The van der Waals surface area contributed by atoms with Gasteiger partial charge in [0.05, 0.1) is 39.4 Å². The molecule has 0 aromatic heterocycles. The highest BCUT2D eigenvalue weighted by atomic mass is 35.5. The summed E-state index contributed by atoms with van der Waals surface area (Å²) in [4.78, 5) is 27.7. The van der Waals surface area contributed by atoms with Crippen LogP contribution in [0, 0.1) is 6.92 Å². The summed E-state index contributed by atoms with van der Waals surface area (Å²) >= 11 is 18.5. The lowest BCUT2D eigenvalue weighted by molar-refractivity contribution is -0.132. The van der Waals surface area contributed by atoms with Crippen molar-refractivity contribution >= 4 is 57.9 Å². The molecule has 3 aromatic carbocycles. The van der Waals surface area contributed by atoms with E-state index in [4.69, 9.17) is 39.5 Å². The second kappa shape index (κ2) is 9.22. The Kier molecular flexibility index (Phi) is 6.49. The molecule has 1 atom stereocenters. The standard InChI is InChI=1S/C25H18Cl3NO5/c1-12-8-16(24(34-2)19(28)9-12)22(31)20-21(13-4-3-5-15(30)10-13)29(25(33)23(20)32)14-6-7-17(26)18(27)11-14/h3-11,21,30-31H,1-2H3/b22-20+. The average molecular weight is 519 g/mol. The molecule has 4 rings (SSSR count). The maximum atomic E-state index is 13.3. The SMILES string of the molecule is COc1c(Cl)cc(C)cc1/C(O)=C1\C(=O)C(=O)N(c2ccc(Cl)c(Cl)c2)C1c1cccc(O)c1. The van der Waals surface area contributed by atoms with E-state index >= 15 is 0 Å². The molecule has 1 aliphatic rings. The first-order valence-electron chi connectivity index (χ1n) is 10.0. The Balaban J connectivity index is 2.02. The molecule has 1 heterocycles. The van der Waals surface area contributed by atoms with Crippen LogP contribution in [-0.4, -0.2) is 29.0 Å². The topological polar surface area (TPSA) is 87.1 Å². The number of aryl methyl sites for hydroxylation is 1. The molecule has 34 heavy (non-hydrogen) atoms. The largest absolute Gasteiger partial charge is 0.508 e. The van der Waals surface area contributed by atoms with Crippen LogP contribution >= 0.6 is 34.8 Å². The highest BCUT2D eigenvalue weighted by Crippen LogP contribution is 2.45. The molecule has 1 fully saturated rings. The second-order valence-electron chi connectivity index (χ2n) is 7.69. The number of nitrogens with zero attached hydrogens (tertiary/aromatic N) is 1. The van der Waals surface area contributed by atoms with E-state index in [2.05, 4.69) is 0 Å². The third-order valence-corrected chi connectivity index (χ3v) is 6.48. The first-order valence-corrected chi connectivity index (χ1v) is 11.2. The van der Waals surface area contributed by atoms with Crippen molar-refractivity contribution in [3.8, 4) is 11.5 Å². The Morgan fingerprint density at radius 1 is 0.971 bits per heavy atom. The maximum Gasteiger partial charge on any atom is 0.300 e. The van der Waals surface area contributed by atoms with Crippen molar-refractivity contribution in [2.75, 3.05) is 12.0 Å². The third-order valence-electron chi connectivity index (χ3n) is 5.46. The van der Waals surface area contributed by atoms with E-state index in [9.17, 15) is 19.8 Å². The highest BCUT2D eigenvalue weighted by molar-refractivity contribution is 6.52. The van der Waals surface area contributed by atoms with E-state index in [1.807, 2.05) is 0 Å². The molecular weight excluding hydrogens is 501 g/mol. The zero-order chi connectivity index (χ0) is 24.7. The number of Topliss-reactive ketones (excluding diaryl/α,β-unsaturated/α-hetero) is 1. The van der Waals surface area contributed by atoms with Crippen LogP contribution in [0.1, 0.15) is 22.7 Å². The summed E-state index contributed by atoms with van der Waals surface area (Å²) < 4.78 is 5.37. The number of hydrogen-bond acceptors (Lipinski definition) is 5. The fourth-order valence-electron chi connectivity index (χ4n) is 4.00. The van der Waals surface area contributed by atoms with Crippen molar-refractivity contribution in [1.29, 1.82) is 0 Å². The summed E-state index contributed by atoms with van der Waals surface area (Å²) in [6.07, 6.45) is 0. The molecule has 0 saturated carbocycles. The number of carbonyl (C=O) groups excluding carboxylic acids is 2. The number of hydrogen-bond donors (Lipinski definition) is 2. The second-order valence-corrected chi connectivity index (χ2v) is 8.91. The zero-order valence-corrected chi connectivity index (χ0v) is 20.2. The number of aromatic hydroxyl groups is 1. The van der Waals surface area contributed by atoms with Gasteiger partial charge in [0.15, 0.2) is 0 Å². The molecule has 0 bridgehead atoms. The predicted molar refractivity (Wildman–Crippen MR) is 132 cm³/mol. The summed E-state index contributed by atoms with van der Waals surface area (Å²) in [6, 6.07) is 12.7. The Hall–Kier alpha value is -3.19. The van der Waals surface area contributed by atoms with Gasteiger partial charge in [-0.15, -0.1) is 0 Å². The fourth-order valence-corrected chi connectivity index (χ4v) is 4.64. The highest BCUT2D eigenvalue weighted by Gasteiger charge is 2.47. The quantitative estimate of drug-likeness (QED) is 0.241. The Morgan fingerprint density at radius 2 is 1.71 bits per heavy atom. The van der Waals surface area contributed by atoms with Crippen molar-refractivity contribution < 1.29 is 24.5 Å². The molecule has 9 heteroatoms. The van der Waals surface area contributed by atoms with E-state index in [1.54, 1.807) is 37.3 Å². The minimum atomic E-state index is -1.08. The average Bonchev–Trinajstić information content (AvgIpc) is 3.05. The number of phenolic OH excluding ortho intramolecular Hbond substituents is 1. The normalized spacial score (nSPS) is 17.3. The third kappa shape index (κ3) is 4.09. The van der Waals surface area contributed by atoms with E-state index < -0.39 is 23.5 Å². The molecule has 1 unspecified atom stereocenters. The van der Waals surface area contributed by atoms with Gasteiger partial charge in [-0.05, 0) is 60.5 Å². The van der Waals surface area contributed by atoms with Crippen LogP contribution < -0.4 is 9.64 Å². The number of ether oxygens (including phenoxy) is 1. The molecule has 6 nitrogen and oxygen atoms in total. The molecule has 0 spiro atoms. The van der Waals surface area contributed by atoms with Gasteiger partial charge in [0.25, 0.3) is 11.7 Å². The van der Waals surface area contributed by atoms with Crippen LogP contribution in [0.2, 0.25) is 15.1 Å². The molecule has 0 aliphatic carbocycles. The number of carbonyl (C=O) groups is 2. The summed E-state index contributed by atoms with van der Waals surface area (Å²) in [6.45, 7) is 1.77. The lowest BCUT2D eigenvalue weighted by Crippen LogP contribution is -2.29. The number of phenols is 1. The number of rotatable bonds is 4. The molecule has 2 N–H and O–H groups in total. The number of anilines is 1. The maximum absolute atomic E-state index is 13.3. The van der Waals surface area contributed by atoms with Gasteiger partial charge in [-0.1, -0.05) is 46.9 Å². The van der Waals surface area contributed by atoms with E-state index in [1.165, 1.54) is 36.3 Å². The zero-order valence-electron chi connectivity index (χ0n) is 18.0. The smallest absolute Gasteiger partial charge is 0.300 e. The minimum absolute atomic E-state index is 0.0755. The Bertz CT molecular complexity index is 1370. The van der Waals surface area contributed by atoms with Crippen molar-refractivity contribution in [2.24, 2.45) is 0 Å². The summed E-state index contributed by atoms with van der Waals surface area (Å²) in [7, 11) is 1.38. The van der Waals surface area contributed by atoms with Gasteiger partial charge >= 0.3 is 0 Å². The summed E-state index contributed by atoms with van der Waals surface area (Å²) in [5.74, 6) is -2.19. The van der Waals surface area contributed by atoms with Crippen LogP contribution in [0.15, 0.2) is 60.2 Å². The lowest BCUT2D eigenvalue weighted by atomic mass is 9.94. The van der Waals surface area contributed by atoms with E-state index in [0.717, 1.165) is 0 Å². The van der Waals surface area contributed by atoms with Gasteiger partial charge in [0.1, 0.15) is 17.3 Å². The van der Waals surface area contributed by atoms with Crippen LogP contribution in [-0.2, 0) is 9.59 Å². The summed E-state index contributed by atoms with van der Waals surface area (Å²) in [5, 5.41) is 22.2. The van der Waals surface area contributed by atoms with Crippen LogP contribution in [0.4, 0.5) is 5.69 Å². The van der Waals surface area contributed by atoms with Gasteiger partial charge in [0, 0.05) is 5.69 Å². The van der Waals surface area contributed by atoms with Crippen molar-refractivity contribution in [3.63, 3.8) is 0 Å².